The number of ether oxygens (including phenoxy) is 1. The van der Waals surface area contributed by atoms with E-state index < -0.39 is 6.04 Å². The Bertz CT molecular complexity index is 361. The zero-order valence-corrected chi connectivity index (χ0v) is 9.76. The zero-order valence-electron chi connectivity index (χ0n) is 9.76. The van der Waals surface area contributed by atoms with Gasteiger partial charge in [-0.05, 0) is 18.4 Å². The topological polar surface area (TPSA) is 64.4 Å². The van der Waals surface area contributed by atoms with Crippen LogP contribution < -0.4 is 11.1 Å². The summed E-state index contributed by atoms with van der Waals surface area (Å²) in [6, 6.07) is 9.44. The maximum Gasteiger partial charge on any atom is 0.237 e. The quantitative estimate of drug-likeness (QED) is 0.795. The molecule has 1 fully saturated rings. The first-order valence-corrected chi connectivity index (χ1v) is 5.93. The number of carbonyl (C=O) groups is 1. The summed E-state index contributed by atoms with van der Waals surface area (Å²) in [7, 11) is 0. The third-order valence-corrected chi connectivity index (χ3v) is 2.91. The van der Waals surface area contributed by atoms with Gasteiger partial charge < -0.3 is 15.8 Å². The molecule has 0 aromatic heterocycles. The Morgan fingerprint density at radius 3 is 2.88 bits per heavy atom. The maximum absolute atomic E-state index is 11.8. The van der Waals surface area contributed by atoms with Gasteiger partial charge in [0.15, 0.2) is 0 Å². The zero-order chi connectivity index (χ0) is 12.1. The fourth-order valence-electron chi connectivity index (χ4n) is 1.92. The largest absolute Gasteiger partial charge is 0.379 e. The molecule has 4 heteroatoms. The Balaban J connectivity index is 1.82. The highest BCUT2D eigenvalue weighted by molar-refractivity contribution is 5.82. The molecule has 0 bridgehead atoms. The van der Waals surface area contributed by atoms with Crippen molar-refractivity contribution in [3.05, 3.63) is 35.9 Å². The third-order valence-electron chi connectivity index (χ3n) is 2.91. The molecule has 1 unspecified atom stereocenters. The second kappa shape index (κ2) is 5.80. The van der Waals surface area contributed by atoms with E-state index in [4.69, 9.17) is 10.5 Å². The van der Waals surface area contributed by atoms with Gasteiger partial charge in [-0.25, -0.2) is 0 Å². The minimum Gasteiger partial charge on any atom is -0.379 e. The fourth-order valence-corrected chi connectivity index (χ4v) is 1.92. The smallest absolute Gasteiger partial charge is 0.237 e. The summed E-state index contributed by atoms with van der Waals surface area (Å²) in [4.78, 5) is 11.8. The van der Waals surface area contributed by atoms with Gasteiger partial charge in [-0.3, -0.25) is 4.79 Å². The number of carbonyl (C=O) groups excluding carboxylic acids is 1. The van der Waals surface area contributed by atoms with Crippen LogP contribution in [0.3, 0.4) is 0 Å². The van der Waals surface area contributed by atoms with E-state index in [0.717, 1.165) is 18.6 Å². The summed E-state index contributed by atoms with van der Waals surface area (Å²) in [6.07, 6.45) is 1.45. The SMILES string of the molecule is N[C@H](Cc1ccccc1)C(=O)NC1CCOC1. The van der Waals surface area contributed by atoms with Gasteiger partial charge in [0.2, 0.25) is 5.91 Å². The average molecular weight is 234 g/mol. The van der Waals surface area contributed by atoms with Crippen LogP contribution in [0.1, 0.15) is 12.0 Å². The van der Waals surface area contributed by atoms with Crippen LogP contribution in [0.25, 0.3) is 0 Å². The monoisotopic (exact) mass is 234 g/mol. The molecule has 1 heterocycles. The van der Waals surface area contributed by atoms with Crippen molar-refractivity contribution in [2.45, 2.75) is 24.9 Å². The van der Waals surface area contributed by atoms with E-state index in [1.807, 2.05) is 30.3 Å². The predicted molar refractivity (Wildman–Crippen MR) is 65.5 cm³/mol. The van der Waals surface area contributed by atoms with Gasteiger partial charge >= 0.3 is 0 Å². The number of nitrogens with one attached hydrogen (secondary N) is 1. The average Bonchev–Trinajstić information content (AvgIpc) is 2.83. The van der Waals surface area contributed by atoms with Gasteiger partial charge in [0.25, 0.3) is 0 Å². The molecular weight excluding hydrogens is 216 g/mol. The van der Waals surface area contributed by atoms with Gasteiger partial charge in [-0.2, -0.15) is 0 Å². The van der Waals surface area contributed by atoms with Crippen LogP contribution in [-0.4, -0.2) is 31.2 Å². The van der Waals surface area contributed by atoms with Gasteiger partial charge in [0, 0.05) is 6.61 Å². The highest BCUT2D eigenvalue weighted by Gasteiger charge is 2.21. The van der Waals surface area contributed by atoms with Crippen LogP contribution in [0.2, 0.25) is 0 Å². The van der Waals surface area contributed by atoms with Gasteiger partial charge in [0.05, 0.1) is 18.7 Å². The molecule has 92 valence electrons. The lowest BCUT2D eigenvalue weighted by Crippen LogP contribution is -2.46. The van der Waals surface area contributed by atoms with E-state index in [-0.39, 0.29) is 11.9 Å². The first-order valence-electron chi connectivity index (χ1n) is 5.93. The molecule has 4 nitrogen and oxygen atoms in total. The number of nitrogens with two attached hydrogens (primary N) is 1. The predicted octanol–water partition coefficient (Wildman–Crippen LogP) is 0.461. The van der Waals surface area contributed by atoms with Crippen LogP contribution in [0.4, 0.5) is 0 Å². The van der Waals surface area contributed by atoms with Crippen LogP contribution >= 0.6 is 0 Å². The molecule has 17 heavy (non-hydrogen) atoms. The van der Waals surface area contributed by atoms with Crippen molar-refractivity contribution in [1.82, 2.24) is 5.32 Å². The van der Waals surface area contributed by atoms with Crippen molar-refractivity contribution in [3.8, 4) is 0 Å². The number of benzene rings is 1. The fraction of sp³-hybridized carbons (Fsp3) is 0.462. The van der Waals surface area contributed by atoms with E-state index in [1.54, 1.807) is 0 Å². The minimum absolute atomic E-state index is 0.0932. The number of hydrogen-bond donors (Lipinski definition) is 2. The molecule has 1 aliphatic rings. The summed E-state index contributed by atoms with van der Waals surface area (Å²) in [6.45, 7) is 1.32. The molecular formula is C13H18N2O2. The summed E-state index contributed by atoms with van der Waals surface area (Å²) in [5.41, 5.74) is 6.96. The summed E-state index contributed by atoms with van der Waals surface area (Å²) in [5.74, 6) is -0.0932. The molecule has 3 N–H and O–H groups in total. The van der Waals surface area contributed by atoms with Crippen molar-refractivity contribution in [1.29, 1.82) is 0 Å². The van der Waals surface area contributed by atoms with Crippen LogP contribution in [-0.2, 0) is 16.0 Å². The summed E-state index contributed by atoms with van der Waals surface area (Å²) >= 11 is 0. The molecule has 2 atom stereocenters. The molecule has 0 radical (unpaired) electrons. The molecule has 1 aromatic rings. The van der Waals surface area contributed by atoms with Gasteiger partial charge in [0.1, 0.15) is 0 Å². The van der Waals surface area contributed by atoms with Crippen LogP contribution in [0.15, 0.2) is 30.3 Å². The lowest BCUT2D eigenvalue weighted by atomic mass is 10.1. The van der Waals surface area contributed by atoms with Gasteiger partial charge in [-0.15, -0.1) is 0 Å². The van der Waals surface area contributed by atoms with E-state index in [9.17, 15) is 4.79 Å². The van der Waals surface area contributed by atoms with Crippen molar-refractivity contribution in [3.63, 3.8) is 0 Å². The molecule has 0 spiro atoms. The second-order valence-electron chi connectivity index (χ2n) is 4.37. The maximum atomic E-state index is 11.8. The molecule has 0 saturated carbocycles. The first kappa shape index (κ1) is 12.1. The number of amides is 1. The lowest BCUT2D eigenvalue weighted by Gasteiger charge is -2.15. The summed E-state index contributed by atoms with van der Waals surface area (Å²) in [5, 5.41) is 2.91. The lowest BCUT2D eigenvalue weighted by molar-refractivity contribution is -0.123. The van der Waals surface area contributed by atoms with Crippen molar-refractivity contribution in [2.24, 2.45) is 5.73 Å². The Labute approximate surface area is 101 Å². The highest BCUT2D eigenvalue weighted by Crippen LogP contribution is 2.05. The number of hydrogen-bond acceptors (Lipinski definition) is 3. The molecule has 2 rings (SSSR count). The van der Waals surface area contributed by atoms with Crippen molar-refractivity contribution < 1.29 is 9.53 Å². The van der Waals surface area contributed by atoms with Crippen LogP contribution in [0.5, 0.6) is 0 Å². The Hall–Kier alpha value is -1.39. The van der Waals surface area contributed by atoms with E-state index in [1.165, 1.54) is 0 Å². The third kappa shape index (κ3) is 3.54. The molecule has 1 saturated heterocycles. The Morgan fingerprint density at radius 1 is 1.47 bits per heavy atom. The van der Waals surface area contributed by atoms with Gasteiger partial charge in [-0.1, -0.05) is 30.3 Å². The molecule has 0 aliphatic carbocycles. The number of rotatable bonds is 4. The summed E-state index contributed by atoms with van der Waals surface area (Å²) < 4.78 is 5.20. The van der Waals surface area contributed by atoms with E-state index in [2.05, 4.69) is 5.32 Å². The normalized spacial score (nSPS) is 21.1. The molecule has 1 amide bonds. The standard InChI is InChI=1S/C13H18N2O2/c14-12(8-10-4-2-1-3-5-10)13(16)15-11-6-7-17-9-11/h1-5,11-12H,6-9,14H2,(H,15,16)/t11?,12-/m1/s1. The Morgan fingerprint density at radius 2 is 2.24 bits per heavy atom. The molecule has 1 aromatic carbocycles. The Kier molecular flexibility index (Phi) is 4.12. The van der Waals surface area contributed by atoms with Crippen molar-refractivity contribution >= 4 is 5.91 Å². The second-order valence-corrected chi connectivity index (χ2v) is 4.37. The van der Waals surface area contributed by atoms with Crippen molar-refractivity contribution in [2.75, 3.05) is 13.2 Å². The minimum atomic E-state index is -0.488. The van der Waals surface area contributed by atoms with E-state index >= 15 is 0 Å². The molecule has 1 aliphatic heterocycles. The van der Waals surface area contributed by atoms with Crippen LogP contribution in [0, 0.1) is 0 Å². The van der Waals surface area contributed by atoms with E-state index in [0.29, 0.717) is 13.0 Å². The first-order chi connectivity index (χ1) is 8.25. The highest BCUT2D eigenvalue weighted by atomic mass is 16.5.